The van der Waals surface area contributed by atoms with Gasteiger partial charge in [-0.2, -0.15) is 0 Å². The lowest BCUT2D eigenvalue weighted by Gasteiger charge is -2.24. The molecule has 2 aliphatic rings. The van der Waals surface area contributed by atoms with Gasteiger partial charge in [0.15, 0.2) is 6.61 Å². The molecule has 0 radical (unpaired) electrons. The molecule has 5 rings (SSSR count). The summed E-state index contributed by atoms with van der Waals surface area (Å²) < 4.78 is 33.6. The molecule has 1 atom stereocenters. The number of sulfonamides is 1. The summed E-state index contributed by atoms with van der Waals surface area (Å²) >= 11 is 0. The average Bonchev–Trinajstić information content (AvgIpc) is 3.43. The van der Waals surface area contributed by atoms with Crippen molar-refractivity contribution in [3.8, 4) is 0 Å². The standard InChI is InChI=1S/C26H24N2O5S/c1-18-15-20-8-3-5-12-24(20)28(18)34(31,32)22-10-6-9-21(16-22)26(30)33-17-25(29)27-14-13-19-7-2-4-11-23(19)27/h2-12,16,18H,13-15,17H2,1H3/t18-/m1/s1. The zero-order valence-corrected chi connectivity index (χ0v) is 19.5. The third kappa shape index (κ3) is 3.84. The van der Waals surface area contributed by atoms with Crippen LogP contribution in [0.2, 0.25) is 0 Å². The van der Waals surface area contributed by atoms with Crippen molar-refractivity contribution in [2.75, 3.05) is 22.4 Å². The number of para-hydroxylation sites is 2. The fourth-order valence-corrected chi connectivity index (χ4v) is 6.43. The lowest BCUT2D eigenvalue weighted by Crippen LogP contribution is -2.35. The number of rotatable bonds is 5. The van der Waals surface area contributed by atoms with Crippen LogP contribution in [0.5, 0.6) is 0 Å². The van der Waals surface area contributed by atoms with Crippen LogP contribution < -0.4 is 9.21 Å². The Kier molecular flexibility index (Phi) is 5.61. The molecule has 1 amide bonds. The molecule has 174 valence electrons. The van der Waals surface area contributed by atoms with E-state index >= 15 is 0 Å². The fraction of sp³-hybridized carbons (Fsp3) is 0.231. The first-order valence-corrected chi connectivity index (χ1v) is 12.6. The number of nitrogens with zero attached hydrogens (tertiary/aromatic N) is 2. The highest BCUT2D eigenvalue weighted by atomic mass is 32.2. The summed E-state index contributed by atoms with van der Waals surface area (Å²) in [6, 6.07) is 20.6. The Morgan fingerprint density at radius 1 is 0.941 bits per heavy atom. The second-order valence-electron chi connectivity index (χ2n) is 8.51. The van der Waals surface area contributed by atoms with Crippen molar-refractivity contribution in [1.29, 1.82) is 0 Å². The summed E-state index contributed by atoms with van der Waals surface area (Å²) in [5, 5.41) is 0. The van der Waals surface area contributed by atoms with Gasteiger partial charge in [0.05, 0.1) is 16.1 Å². The summed E-state index contributed by atoms with van der Waals surface area (Å²) in [5.74, 6) is -1.06. The maximum absolute atomic E-state index is 13.5. The van der Waals surface area contributed by atoms with Gasteiger partial charge < -0.3 is 9.64 Å². The number of ether oxygens (including phenoxy) is 1. The van der Waals surface area contributed by atoms with Crippen molar-refractivity contribution in [3.63, 3.8) is 0 Å². The van der Waals surface area contributed by atoms with E-state index in [2.05, 4.69) is 0 Å². The van der Waals surface area contributed by atoms with E-state index < -0.39 is 22.6 Å². The summed E-state index contributed by atoms with van der Waals surface area (Å²) in [5.41, 5.74) is 3.61. The summed E-state index contributed by atoms with van der Waals surface area (Å²) in [4.78, 5) is 26.9. The van der Waals surface area contributed by atoms with Crippen molar-refractivity contribution < 1.29 is 22.7 Å². The van der Waals surface area contributed by atoms with Gasteiger partial charge in [-0.25, -0.2) is 13.2 Å². The van der Waals surface area contributed by atoms with E-state index in [0.29, 0.717) is 18.7 Å². The zero-order chi connectivity index (χ0) is 23.9. The number of benzene rings is 3. The Bertz CT molecular complexity index is 1390. The summed E-state index contributed by atoms with van der Waals surface area (Å²) in [6.45, 7) is 1.98. The molecule has 0 spiro atoms. The van der Waals surface area contributed by atoms with E-state index in [1.54, 1.807) is 11.0 Å². The summed E-state index contributed by atoms with van der Waals surface area (Å²) in [6.07, 6.45) is 1.38. The van der Waals surface area contributed by atoms with E-state index in [-0.39, 0.29) is 22.4 Å². The van der Waals surface area contributed by atoms with Crippen LogP contribution in [0, 0.1) is 0 Å². The topological polar surface area (TPSA) is 84.0 Å². The Labute approximate surface area is 198 Å². The largest absolute Gasteiger partial charge is 0.452 e. The average molecular weight is 477 g/mol. The van der Waals surface area contributed by atoms with Gasteiger partial charge >= 0.3 is 5.97 Å². The SMILES string of the molecule is C[C@@H]1Cc2ccccc2N1S(=O)(=O)c1cccc(C(=O)OCC(=O)N2CCc3ccccc32)c1. The number of fused-ring (bicyclic) bond motifs is 2. The van der Waals surface area contributed by atoms with Crippen LogP contribution >= 0.6 is 0 Å². The molecule has 0 bridgehead atoms. The first-order chi connectivity index (χ1) is 16.4. The molecule has 0 aromatic heterocycles. The lowest BCUT2D eigenvalue weighted by atomic mass is 10.1. The molecular formula is C26H24N2O5S. The van der Waals surface area contributed by atoms with Gasteiger partial charge in [-0.3, -0.25) is 9.10 Å². The van der Waals surface area contributed by atoms with Crippen molar-refractivity contribution >= 4 is 33.3 Å². The molecule has 0 saturated carbocycles. The fourth-order valence-electron chi connectivity index (χ4n) is 4.69. The molecule has 0 unspecified atom stereocenters. The van der Waals surface area contributed by atoms with E-state index in [0.717, 1.165) is 23.2 Å². The van der Waals surface area contributed by atoms with Crippen LogP contribution in [0.15, 0.2) is 77.7 Å². The third-order valence-electron chi connectivity index (χ3n) is 6.29. The molecule has 0 N–H and O–H groups in total. The van der Waals surface area contributed by atoms with Crippen LogP contribution in [-0.4, -0.2) is 39.5 Å². The molecule has 0 aliphatic carbocycles. The predicted molar refractivity (Wildman–Crippen MR) is 128 cm³/mol. The molecule has 3 aromatic carbocycles. The van der Waals surface area contributed by atoms with Crippen LogP contribution in [0.4, 0.5) is 11.4 Å². The summed E-state index contributed by atoms with van der Waals surface area (Å²) in [7, 11) is -3.88. The highest BCUT2D eigenvalue weighted by Gasteiger charge is 2.36. The molecular weight excluding hydrogens is 452 g/mol. The number of hydrogen-bond acceptors (Lipinski definition) is 5. The maximum Gasteiger partial charge on any atom is 0.338 e. The van der Waals surface area contributed by atoms with Gasteiger partial charge in [0.25, 0.3) is 15.9 Å². The van der Waals surface area contributed by atoms with Crippen LogP contribution in [0.1, 0.15) is 28.4 Å². The number of carbonyl (C=O) groups excluding carboxylic acids is 2. The Hall–Kier alpha value is -3.65. The maximum atomic E-state index is 13.5. The molecule has 2 aliphatic heterocycles. The highest BCUT2D eigenvalue weighted by Crippen LogP contribution is 2.36. The first kappa shape index (κ1) is 22.2. The molecule has 0 fully saturated rings. The smallest absolute Gasteiger partial charge is 0.338 e. The molecule has 7 nitrogen and oxygen atoms in total. The minimum Gasteiger partial charge on any atom is -0.452 e. The molecule has 34 heavy (non-hydrogen) atoms. The van der Waals surface area contributed by atoms with Crippen molar-refractivity contribution in [2.24, 2.45) is 0 Å². The number of esters is 1. The van der Waals surface area contributed by atoms with Gasteiger partial charge in [-0.1, -0.05) is 42.5 Å². The number of amides is 1. The van der Waals surface area contributed by atoms with E-state index in [1.165, 1.54) is 28.6 Å². The van der Waals surface area contributed by atoms with Crippen LogP contribution in [0.25, 0.3) is 0 Å². The van der Waals surface area contributed by atoms with Gasteiger partial charge in [0, 0.05) is 18.3 Å². The Morgan fingerprint density at radius 3 is 2.44 bits per heavy atom. The first-order valence-electron chi connectivity index (χ1n) is 11.1. The molecule has 3 aromatic rings. The van der Waals surface area contributed by atoms with E-state index in [4.69, 9.17) is 4.74 Å². The van der Waals surface area contributed by atoms with Gasteiger partial charge in [0.1, 0.15) is 0 Å². The van der Waals surface area contributed by atoms with Crippen molar-refractivity contribution in [1.82, 2.24) is 0 Å². The van der Waals surface area contributed by atoms with E-state index in [1.807, 2.05) is 49.4 Å². The molecule has 8 heteroatoms. The minimum absolute atomic E-state index is 0.00491. The lowest BCUT2D eigenvalue weighted by molar-refractivity contribution is -0.121. The predicted octanol–water partition coefficient (Wildman–Crippen LogP) is 3.57. The zero-order valence-electron chi connectivity index (χ0n) is 18.7. The molecule has 0 saturated heterocycles. The van der Waals surface area contributed by atoms with Crippen molar-refractivity contribution in [3.05, 3.63) is 89.5 Å². The monoisotopic (exact) mass is 476 g/mol. The minimum atomic E-state index is -3.88. The Morgan fingerprint density at radius 2 is 1.65 bits per heavy atom. The number of hydrogen-bond donors (Lipinski definition) is 0. The van der Waals surface area contributed by atoms with Crippen molar-refractivity contribution in [2.45, 2.75) is 30.7 Å². The van der Waals surface area contributed by atoms with Crippen LogP contribution in [-0.2, 0) is 32.4 Å². The second kappa shape index (κ2) is 8.61. The second-order valence-corrected chi connectivity index (χ2v) is 10.3. The quantitative estimate of drug-likeness (QED) is 0.526. The number of carbonyl (C=O) groups is 2. The van der Waals surface area contributed by atoms with Gasteiger partial charge in [-0.15, -0.1) is 0 Å². The van der Waals surface area contributed by atoms with Gasteiger partial charge in [0.2, 0.25) is 0 Å². The van der Waals surface area contributed by atoms with Crippen LogP contribution in [0.3, 0.4) is 0 Å². The normalized spacial score (nSPS) is 16.8. The number of anilines is 2. The Balaban J connectivity index is 1.31. The van der Waals surface area contributed by atoms with E-state index in [9.17, 15) is 18.0 Å². The molecule has 2 heterocycles. The highest BCUT2D eigenvalue weighted by molar-refractivity contribution is 7.92. The third-order valence-corrected chi connectivity index (χ3v) is 8.21. The van der Waals surface area contributed by atoms with Gasteiger partial charge in [-0.05, 0) is 61.2 Å².